The molecule has 0 saturated heterocycles. The van der Waals surface area contributed by atoms with E-state index >= 15 is 0 Å². The average molecular weight is 192 g/mol. The quantitative estimate of drug-likeness (QED) is 0.789. The van der Waals surface area contributed by atoms with E-state index in [4.69, 9.17) is 5.73 Å². The molecule has 3 heteroatoms. The lowest BCUT2D eigenvalue weighted by Gasteiger charge is -2.07. The molecule has 0 aromatic carbocycles. The lowest BCUT2D eigenvalue weighted by atomic mass is 10.2. The summed E-state index contributed by atoms with van der Waals surface area (Å²) >= 11 is 0. The maximum Gasteiger partial charge on any atom is 0.273 e. The van der Waals surface area contributed by atoms with Crippen LogP contribution in [0.25, 0.3) is 0 Å². The van der Waals surface area contributed by atoms with Crippen LogP contribution in [0.4, 0.5) is 5.69 Å². The van der Waals surface area contributed by atoms with Gasteiger partial charge < -0.3 is 10.3 Å². The molecule has 76 valence electrons. The molecule has 0 spiro atoms. The van der Waals surface area contributed by atoms with Crippen LogP contribution in [-0.4, -0.2) is 4.57 Å². The zero-order valence-electron chi connectivity index (χ0n) is 8.49. The minimum Gasteiger partial charge on any atom is -0.394 e. The third kappa shape index (κ3) is 1.97. The molecule has 0 bridgehead atoms. The van der Waals surface area contributed by atoms with Crippen LogP contribution < -0.4 is 11.3 Å². The molecule has 3 nitrogen and oxygen atoms in total. The summed E-state index contributed by atoms with van der Waals surface area (Å²) in [6.07, 6.45) is 5.66. The molecule has 1 aromatic heterocycles. The van der Waals surface area contributed by atoms with Crippen molar-refractivity contribution in [2.24, 2.45) is 5.92 Å². The van der Waals surface area contributed by atoms with E-state index < -0.39 is 0 Å². The van der Waals surface area contributed by atoms with Gasteiger partial charge in [0.15, 0.2) is 0 Å². The first-order valence-corrected chi connectivity index (χ1v) is 5.13. The van der Waals surface area contributed by atoms with Crippen LogP contribution >= 0.6 is 0 Å². The van der Waals surface area contributed by atoms with Crippen LogP contribution in [0.15, 0.2) is 17.1 Å². The summed E-state index contributed by atoms with van der Waals surface area (Å²) in [5.41, 5.74) is 6.98. The van der Waals surface area contributed by atoms with Crippen molar-refractivity contribution in [3.8, 4) is 0 Å². The van der Waals surface area contributed by atoms with Crippen LogP contribution in [0, 0.1) is 12.8 Å². The number of aromatic nitrogens is 1. The fourth-order valence-corrected chi connectivity index (χ4v) is 1.71. The summed E-state index contributed by atoms with van der Waals surface area (Å²) in [7, 11) is 0. The van der Waals surface area contributed by atoms with Gasteiger partial charge in [-0.3, -0.25) is 4.79 Å². The minimum atomic E-state index is -0.0451. The molecule has 0 aliphatic heterocycles. The van der Waals surface area contributed by atoms with Crippen LogP contribution in [0.3, 0.4) is 0 Å². The predicted molar refractivity (Wildman–Crippen MR) is 57.2 cm³/mol. The van der Waals surface area contributed by atoms with Crippen molar-refractivity contribution < 1.29 is 0 Å². The predicted octanol–water partition coefficient (Wildman–Crippen LogP) is 1.54. The van der Waals surface area contributed by atoms with Crippen molar-refractivity contribution in [2.75, 3.05) is 5.73 Å². The van der Waals surface area contributed by atoms with E-state index in [1.54, 1.807) is 10.6 Å². The molecule has 1 aliphatic rings. The number of hydrogen-bond acceptors (Lipinski definition) is 2. The minimum absolute atomic E-state index is 0.0451. The van der Waals surface area contributed by atoms with E-state index in [0.717, 1.165) is 24.4 Å². The van der Waals surface area contributed by atoms with Gasteiger partial charge in [-0.25, -0.2) is 0 Å². The molecule has 2 rings (SSSR count). The van der Waals surface area contributed by atoms with Gasteiger partial charge in [-0.05, 0) is 30.9 Å². The second kappa shape index (κ2) is 3.48. The van der Waals surface area contributed by atoms with Gasteiger partial charge in [0.2, 0.25) is 0 Å². The Labute approximate surface area is 83.5 Å². The molecule has 0 amide bonds. The Balaban J connectivity index is 2.17. The first kappa shape index (κ1) is 9.31. The van der Waals surface area contributed by atoms with E-state index in [0.29, 0.717) is 5.69 Å². The van der Waals surface area contributed by atoms with Crippen LogP contribution in [0.5, 0.6) is 0 Å². The first-order valence-electron chi connectivity index (χ1n) is 5.13. The van der Waals surface area contributed by atoms with Gasteiger partial charge in [0.25, 0.3) is 5.56 Å². The lowest BCUT2D eigenvalue weighted by Crippen LogP contribution is -2.23. The third-order valence-corrected chi connectivity index (χ3v) is 2.73. The Hall–Kier alpha value is -1.25. The summed E-state index contributed by atoms with van der Waals surface area (Å²) in [6, 6.07) is 1.73. The molecule has 1 saturated carbocycles. The molecule has 0 unspecified atom stereocenters. The van der Waals surface area contributed by atoms with Crippen molar-refractivity contribution in [3.63, 3.8) is 0 Å². The molecule has 1 heterocycles. The van der Waals surface area contributed by atoms with Crippen molar-refractivity contribution in [1.29, 1.82) is 0 Å². The van der Waals surface area contributed by atoms with Crippen molar-refractivity contribution in [2.45, 2.75) is 32.7 Å². The lowest BCUT2D eigenvalue weighted by molar-refractivity contribution is 0.581. The normalized spacial score (nSPS) is 15.8. The monoisotopic (exact) mass is 192 g/mol. The molecule has 2 N–H and O–H groups in total. The SMILES string of the molecule is Cc1cc(N)c(=O)n(CCC2CC2)c1. The molecule has 14 heavy (non-hydrogen) atoms. The maximum absolute atomic E-state index is 11.6. The zero-order chi connectivity index (χ0) is 10.1. The topological polar surface area (TPSA) is 48.0 Å². The van der Waals surface area contributed by atoms with Crippen molar-refractivity contribution >= 4 is 5.69 Å². The van der Waals surface area contributed by atoms with Gasteiger partial charge in [0.1, 0.15) is 0 Å². The van der Waals surface area contributed by atoms with Gasteiger partial charge in [0.05, 0.1) is 5.69 Å². The van der Waals surface area contributed by atoms with Crippen LogP contribution in [0.1, 0.15) is 24.8 Å². The molecule has 1 aliphatic carbocycles. The summed E-state index contributed by atoms with van der Waals surface area (Å²) in [5, 5.41) is 0. The smallest absolute Gasteiger partial charge is 0.273 e. The summed E-state index contributed by atoms with van der Waals surface area (Å²) in [6.45, 7) is 2.78. The second-order valence-electron chi connectivity index (χ2n) is 4.20. The Bertz CT molecular complexity index is 391. The number of nitrogens with zero attached hydrogens (tertiary/aromatic N) is 1. The summed E-state index contributed by atoms with van der Waals surface area (Å²) in [4.78, 5) is 11.6. The zero-order valence-corrected chi connectivity index (χ0v) is 8.49. The highest BCUT2D eigenvalue weighted by Gasteiger charge is 2.20. The molecular formula is C11H16N2O. The summed E-state index contributed by atoms with van der Waals surface area (Å²) in [5.74, 6) is 0.851. The highest BCUT2D eigenvalue weighted by Crippen LogP contribution is 2.32. The van der Waals surface area contributed by atoms with Gasteiger partial charge in [-0.1, -0.05) is 12.8 Å². The van der Waals surface area contributed by atoms with Gasteiger partial charge in [-0.15, -0.1) is 0 Å². The number of pyridine rings is 1. The standard InChI is InChI=1S/C11H16N2O/c1-8-6-10(12)11(14)13(7-8)5-4-9-2-3-9/h6-7,9H,2-5,12H2,1H3. The van der Waals surface area contributed by atoms with Crippen molar-refractivity contribution in [3.05, 3.63) is 28.2 Å². The fourth-order valence-electron chi connectivity index (χ4n) is 1.71. The van der Waals surface area contributed by atoms with Gasteiger partial charge >= 0.3 is 0 Å². The Morgan fingerprint density at radius 3 is 2.93 bits per heavy atom. The van der Waals surface area contributed by atoms with Gasteiger partial charge in [0, 0.05) is 12.7 Å². The second-order valence-corrected chi connectivity index (χ2v) is 4.20. The van der Waals surface area contributed by atoms with Crippen molar-refractivity contribution in [1.82, 2.24) is 4.57 Å². The molecular weight excluding hydrogens is 176 g/mol. The van der Waals surface area contributed by atoms with Crippen LogP contribution in [0.2, 0.25) is 0 Å². The number of nitrogen functional groups attached to an aromatic ring is 1. The molecule has 1 fully saturated rings. The third-order valence-electron chi connectivity index (χ3n) is 2.73. The van der Waals surface area contributed by atoms with Crippen LogP contribution in [-0.2, 0) is 6.54 Å². The fraction of sp³-hybridized carbons (Fsp3) is 0.545. The molecule has 0 radical (unpaired) electrons. The largest absolute Gasteiger partial charge is 0.394 e. The highest BCUT2D eigenvalue weighted by molar-refractivity contribution is 5.37. The molecule has 0 atom stereocenters. The number of aryl methyl sites for hydroxylation is 2. The van der Waals surface area contributed by atoms with E-state index in [2.05, 4.69) is 0 Å². The first-order chi connectivity index (χ1) is 6.66. The van der Waals surface area contributed by atoms with E-state index in [1.807, 2.05) is 13.1 Å². The maximum atomic E-state index is 11.6. The number of nitrogens with two attached hydrogens (primary N) is 1. The molecule has 1 aromatic rings. The number of hydrogen-bond donors (Lipinski definition) is 1. The Kier molecular flexibility index (Phi) is 2.32. The number of anilines is 1. The van der Waals surface area contributed by atoms with E-state index in [1.165, 1.54) is 12.8 Å². The Morgan fingerprint density at radius 2 is 2.29 bits per heavy atom. The van der Waals surface area contributed by atoms with E-state index in [-0.39, 0.29) is 5.56 Å². The number of rotatable bonds is 3. The summed E-state index contributed by atoms with van der Waals surface area (Å²) < 4.78 is 1.74. The highest BCUT2D eigenvalue weighted by atomic mass is 16.1. The average Bonchev–Trinajstić information content (AvgIpc) is 2.92. The Morgan fingerprint density at radius 1 is 1.57 bits per heavy atom. The van der Waals surface area contributed by atoms with Gasteiger partial charge in [-0.2, -0.15) is 0 Å². The van der Waals surface area contributed by atoms with E-state index in [9.17, 15) is 4.79 Å².